The Morgan fingerprint density at radius 3 is 2.33 bits per heavy atom. The smallest absolute Gasteiger partial charge is 0.118 e. The van der Waals surface area contributed by atoms with Gasteiger partial charge in [0.15, 0.2) is 0 Å². The third-order valence-corrected chi connectivity index (χ3v) is 2.38. The summed E-state index contributed by atoms with van der Waals surface area (Å²) >= 11 is 0. The minimum atomic E-state index is 0.387. The van der Waals surface area contributed by atoms with E-state index in [1.807, 2.05) is 12.1 Å². The van der Waals surface area contributed by atoms with Gasteiger partial charge >= 0.3 is 0 Å². The summed E-state index contributed by atoms with van der Waals surface area (Å²) in [6.07, 6.45) is 1.13. The first kappa shape index (κ1) is 7.62. The normalized spacial score (nSPS) is 26.8. The van der Waals surface area contributed by atoms with Crippen molar-refractivity contribution in [3.63, 3.8) is 0 Å². The van der Waals surface area contributed by atoms with E-state index in [1.165, 1.54) is 5.56 Å². The molecule has 0 radical (unpaired) electrons. The monoisotopic (exact) mass is 163 g/mol. The molecule has 1 fully saturated rings. The second-order valence-electron chi connectivity index (χ2n) is 3.28. The highest BCUT2D eigenvalue weighted by Gasteiger charge is 2.34. The van der Waals surface area contributed by atoms with Gasteiger partial charge in [0.1, 0.15) is 5.75 Å². The Labute approximate surface area is 72.3 Å². The zero-order chi connectivity index (χ0) is 8.55. The van der Waals surface area contributed by atoms with Crippen molar-refractivity contribution in [2.24, 2.45) is 5.73 Å². The molecule has 1 aliphatic rings. The molecule has 0 aromatic heterocycles. The summed E-state index contributed by atoms with van der Waals surface area (Å²) < 4.78 is 5.06. The van der Waals surface area contributed by atoms with Crippen molar-refractivity contribution in [2.75, 3.05) is 7.11 Å². The van der Waals surface area contributed by atoms with E-state index in [1.54, 1.807) is 7.11 Å². The van der Waals surface area contributed by atoms with E-state index in [2.05, 4.69) is 12.1 Å². The molecule has 1 aliphatic carbocycles. The van der Waals surface area contributed by atoms with Crippen LogP contribution in [0.4, 0.5) is 0 Å². The van der Waals surface area contributed by atoms with Crippen molar-refractivity contribution in [1.82, 2.24) is 0 Å². The summed E-state index contributed by atoms with van der Waals surface area (Å²) in [7, 11) is 1.68. The highest BCUT2D eigenvalue weighted by atomic mass is 16.5. The molecule has 0 heterocycles. The minimum absolute atomic E-state index is 0.387. The Balaban J connectivity index is 2.14. The molecule has 2 atom stereocenters. The van der Waals surface area contributed by atoms with E-state index in [4.69, 9.17) is 10.5 Å². The van der Waals surface area contributed by atoms with Crippen LogP contribution in [0.25, 0.3) is 0 Å². The molecule has 0 aliphatic heterocycles. The molecule has 1 aromatic rings. The van der Waals surface area contributed by atoms with Gasteiger partial charge in [-0.15, -0.1) is 0 Å². The van der Waals surface area contributed by atoms with Crippen molar-refractivity contribution < 1.29 is 4.74 Å². The predicted molar refractivity (Wildman–Crippen MR) is 48.3 cm³/mol. The Bertz CT molecular complexity index is 268. The van der Waals surface area contributed by atoms with Gasteiger partial charge in [-0.25, -0.2) is 0 Å². The van der Waals surface area contributed by atoms with Crippen molar-refractivity contribution >= 4 is 0 Å². The first-order valence-electron chi connectivity index (χ1n) is 4.21. The molecule has 0 unspecified atom stereocenters. The molecule has 2 nitrogen and oxygen atoms in total. The molecular weight excluding hydrogens is 150 g/mol. The lowest BCUT2D eigenvalue weighted by atomic mass is 10.1. The maximum absolute atomic E-state index is 5.74. The van der Waals surface area contributed by atoms with E-state index in [0.29, 0.717) is 12.0 Å². The standard InChI is InChI=1S/C10H13NO/c1-12-8-4-2-7(3-5-8)9-6-10(9)11/h2-5,9-10H,6,11H2,1H3/t9-,10+/m0/s1. The molecule has 0 spiro atoms. The van der Waals surface area contributed by atoms with Gasteiger partial charge in [0, 0.05) is 12.0 Å². The number of benzene rings is 1. The van der Waals surface area contributed by atoms with Gasteiger partial charge in [0.05, 0.1) is 7.11 Å². The zero-order valence-corrected chi connectivity index (χ0v) is 7.16. The predicted octanol–water partition coefficient (Wildman–Crippen LogP) is 1.51. The fourth-order valence-corrected chi connectivity index (χ4v) is 1.45. The summed E-state index contributed by atoms with van der Waals surface area (Å²) in [5, 5.41) is 0. The summed E-state index contributed by atoms with van der Waals surface area (Å²) in [6, 6.07) is 8.55. The molecule has 2 heteroatoms. The molecule has 0 amide bonds. The first-order valence-corrected chi connectivity index (χ1v) is 4.21. The van der Waals surface area contributed by atoms with E-state index in [0.717, 1.165) is 12.2 Å². The maximum atomic E-state index is 5.74. The second-order valence-corrected chi connectivity index (χ2v) is 3.28. The molecular formula is C10H13NO. The second kappa shape index (κ2) is 2.79. The van der Waals surface area contributed by atoms with Crippen molar-refractivity contribution in [3.8, 4) is 5.75 Å². The average Bonchev–Trinajstić information content (AvgIpc) is 2.83. The van der Waals surface area contributed by atoms with Gasteiger partial charge in [-0.05, 0) is 24.1 Å². The summed E-state index contributed by atoms with van der Waals surface area (Å²) in [6.45, 7) is 0. The van der Waals surface area contributed by atoms with E-state index in [-0.39, 0.29) is 0 Å². The average molecular weight is 163 g/mol. The summed E-state index contributed by atoms with van der Waals surface area (Å²) in [5.41, 5.74) is 7.07. The Kier molecular flexibility index (Phi) is 1.77. The highest BCUT2D eigenvalue weighted by molar-refractivity contribution is 5.33. The molecule has 0 saturated heterocycles. The topological polar surface area (TPSA) is 35.2 Å². The third-order valence-electron chi connectivity index (χ3n) is 2.38. The van der Waals surface area contributed by atoms with Crippen LogP contribution in [0.5, 0.6) is 5.75 Å². The fraction of sp³-hybridized carbons (Fsp3) is 0.400. The number of hydrogen-bond acceptors (Lipinski definition) is 2. The lowest BCUT2D eigenvalue weighted by Gasteiger charge is -2.01. The van der Waals surface area contributed by atoms with Crippen molar-refractivity contribution in [2.45, 2.75) is 18.4 Å². The fourth-order valence-electron chi connectivity index (χ4n) is 1.45. The Morgan fingerprint density at radius 2 is 1.92 bits per heavy atom. The van der Waals surface area contributed by atoms with E-state index in [9.17, 15) is 0 Å². The van der Waals surface area contributed by atoms with Crippen LogP contribution in [0.15, 0.2) is 24.3 Å². The van der Waals surface area contributed by atoms with Crippen LogP contribution in [0, 0.1) is 0 Å². The van der Waals surface area contributed by atoms with E-state index < -0.39 is 0 Å². The van der Waals surface area contributed by atoms with Crippen LogP contribution in [0.3, 0.4) is 0 Å². The van der Waals surface area contributed by atoms with Crippen LogP contribution in [-0.2, 0) is 0 Å². The first-order chi connectivity index (χ1) is 5.81. The van der Waals surface area contributed by atoms with Crippen LogP contribution in [0.1, 0.15) is 17.9 Å². The maximum Gasteiger partial charge on any atom is 0.118 e. The van der Waals surface area contributed by atoms with Crippen LogP contribution in [-0.4, -0.2) is 13.2 Å². The molecule has 1 aromatic carbocycles. The largest absolute Gasteiger partial charge is 0.497 e. The van der Waals surface area contributed by atoms with Gasteiger partial charge in [-0.1, -0.05) is 12.1 Å². The molecule has 0 bridgehead atoms. The molecule has 12 heavy (non-hydrogen) atoms. The van der Waals surface area contributed by atoms with Crippen molar-refractivity contribution in [1.29, 1.82) is 0 Å². The minimum Gasteiger partial charge on any atom is -0.497 e. The van der Waals surface area contributed by atoms with Gasteiger partial charge < -0.3 is 10.5 Å². The molecule has 1 saturated carbocycles. The van der Waals surface area contributed by atoms with Crippen LogP contribution < -0.4 is 10.5 Å². The Hall–Kier alpha value is -1.02. The van der Waals surface area contributed by atoms with Crippen molar-refractivity contribution in [3.05, 3.63) is 29.8 Å². The van der Waals surface area contributed by atoms with Gasteiger partial charge in [-0.3, -0.25) is 0 Å². The number of nitrogens with two attached hydrogens (primary N) is 1. The SMILES string of the molecule is COc1ccc([C@@H]2C[C@H]2N)cc1. The highest BCUT2D eigenvalue weighted by Crippen LogP contribution is 2.39. The number of hydrogen-bond donors (Lipinski definition) is 1. The van der Waals surface area contributed by atoms with E-state index >= 15 is 0 Å². The number of methoxy groups -OCH3 is 1. The summed E-state index contributed by atoms with van der Waals surface area (Å²) in [4.78, 5) is 0. The molecule has 64 valence electrons. The van der Waals surface area contributed by atoms with Gasteiger partial charge in [-0.2, -0.15) is 0 Å². The lowest BCUT2D eigenvalue weighted by molar-refractivity contribution is 0.414. The van der Waals surface area contributed by atoms with Crippen LogP contribution >= 0.6 is 0 Å². The quantitative estimate of drug-likeness (QED) is 0.717. The molecule has 2 rings (SSSR count). The summed E-state index contributed by atoms with van der Waals surface area (Å²) in [5.74, 6) is 1.50. The molecule has 2 N–H and O–H groups in total. The van der Waals surface area contributed by atoms with Gasteiger partial charge in [0.25, 0.3) is 0 Å². The van der Waals surface area contributed by atoms with Crippen LogP contribution in [0.2, 0.25) is 0 Å². The number of rotatable bonds is 2. The third kappa shape index (κ3) is 1.30. The Morgan fingerprint density at radius 1 is 1.33 bits per heavy atom. The number of ether oxygens (including phenoxy) is 1. The lowest BCUT2D eigenvalue weighted by Crippen LogP contribution is -2.00. The zero-order valence-electron chi connectivity index (χ0n) is 7.16. The van der Waals surface area contributed by atoms with Gasteiger partial charge in [0.2, 0.25) is 0 Å².